The molecule has 18 heavy (non-hydrogen) atoms. The maximum absolute atomic E-state index is 11.9. The second-order valence-electron chi connectivity index (χ2n) is 4.16. The molecule has 0 aromatic heterocycles. The minimum absolute atomic E-state index is 0.0580. The molecule has 1 amide bonds. The summed E-state index contributed by atoms with van der Waals surface area (Å²) in [7, 11) is -3.38. The highest BCUT2D eigenvalue weighted by Gasteiger charge is 2.26. The van der Waals surface area contributed by atoms with Gasteiger partial charge in [-0.3, -0.25) is 4.79 Å². The molecule has 5 nitrogen and oxygen atoms in total. The van der Waals surface area contributed by atoms with E-state index in [4.69, 9.17) is 5.73 Å². The van der Waals surface area contributed by atoms with Gasteiger partial charge < -0.3 is 11.1 Å². The van der Waals surface area contributed by atoms with E-state index in [2.05, 4.69) is 5.32 Å². The van der Waals surface area contributed by atoms with Gasteiger partial charge in [0.15, 0.2) is 9.84 Å². The first-order valence-corrected chi connectivity index (χ1v) is 7.38. The van der Waals surface area contributed by atoms with Crippen LogP contribution in [0.15, 0.2) is 18.2 Å². The molecule has 0 aliphatic carbocycles. The highest BCUT2D eigenvalue weighted by Crippen LogP contribution is 2.19. The van der Waals surface area contributed by atoms with E-state index < -0.39 is 21.0 Å². The molecule has 1 atom stereocenters. The number of amides is 1. The number of nitrogens with two attached hydrogens (primary N) is 1. The van der Waals surface area contributed by atoms with Crippen LogP contribution in [0, 0.1) is 6.92 Å². The highest BCUT2D eigenvalue weighted by atomic mass is 32.2. The number of carbonyl (C=O) groups is 1. The number of nitrogens with one attached hydrogen (secondary N) is 1. The van der Waals surface area contributed by atoms with Gasteiger partial charge in [-0.05, 0) is 31.5 Å². The number of hydrogen-bond acceptors (Lipinski definition) is 4. The number of aryl methyl sites for hydroxylation is 1. The Kier molecular flexibility index (Phi) is 4.34. The summed E-state index contributed by atoms with van der Waals surface area (Å²) in [4.78, 5) is 11.9. The monoisotopic (exact) mass is 270 g/mol. The second-order valence-corrected chi connectivity index (χ2v) is 6.77. The smallest absolute Gasteiger partial charge is 0.242 e. The molecule has 6 heteroatoms. The summed E-state index contributed by atoms with van der Waals surface area (Å²) in [6.07, 6.45) is 0. The zero-order valence-electron chi connectivity index (χ0n) is 10.7. The Morgan fingerprint density at radius 3 is 2.61 bits per heavy atom. The number of nitrogen functional groups attached to an aromatic ring is 1. The van der Waals surface area contributed by atoms with Gasteiger partial charge in [0.1, 0.15) is 5.25 Å². The summed E-state index contributed by atoms with van der Waals surface area (Å²) in [6, 6.07) is 5.10. The standard InChI is InChI=1S/C12H18N2O3S/c1-4-18(16,17)9(3)12(15)14-11-7-10(13)6-5-8(11)2/h5-7,9H,4,13H2,1-3H3,(H,14,15). The van der Waals surface area contributed by atoms with Gasteiger partial charge in [0.2, 0.25) is 5.91 Å². The van der Waals surface area contributed by atoms with Crippen molar-refractivity contribution in [2.24, 2.45) is 0 Å². The number of anilines is 2. The Labute approximate surface area is 107 Å². The average Bonchev–Trinajstić information content (AvgIpc) is 2.32. The van der Waals surface area contributed by atoms with Crippen LogP contribution in [-0.2, 0) is 14.6 Å². The number of carbonyl (C=O) groups excluding carboxylic acids is 1. The fourth-order valence-electron chi connectivity index (χ4n) is 1.42. The molecular formula is C12H18N2O3S. The Morgan fingerprint density at radius 2 is 2.06 bits per heavy atom. The van der Waals surface area contributed by atoms with Crippen molar-refractivity contribution in [3.8, 4) is 0 Å². The van der Waals surface area contributed by atoms with E-state index in [0.29, 0.717) is 11.4 Å². The van der Waals surface area contributed by atoms with Crippen LogP contribution >= 0.6 is 0 Å². The third kappa shape index (κ3) is 3.22. The molecule has 0 saturated carbocycles. The predicted octanol–water partition coefficient (Wildman–Crippen LogP) is 1.34. The number of hydrogen-bond donors (Lipinski definition) is 2. The Bertz CT molecular complexity index is 552. The molecule has 0 heterocycles. The van der Waals surface area contributed by atoms with E-state index in [1.54, 1.807) is 18.2 Å². The summed E-state index contributed by atoms with van der Waals surface area (Å²) in [5, 5.41) is 1.53. The predicted molar refractivity (Wildman–Crippen MR) is 73.1 cm³/mol. The number of benzene rings is 1. The van der Waals surface area contributed by atoms with Crippen molar-refractivity contribution >= 4 is 27.1 Å². The van der Waals surface area contributed by atoms with Crippen LogP contribution in [0.5, 0.6) is 0 Å². The molecule has 0 aliphatic rings. The lowest BCUT2D eigenvalue weighted by molar-refractivity contribution is -0.115. The second kappa shape index (κ2) is 5.39. The Morgan fingerprint density at radius 1 is 1.44 bits per heavy atom. The molecule has 1 aromatic rings. The first kappa shape index (κ1) is 14.5. The van der Waals surface area contributed by atoms with Crippen molar-refractivity contribution in [3.05, 3.63) is 23.8 Å². The van der Waals surface area contributed by atoms with Crippen molar-refractivity contribution in [1.82, 2.24) is 0 Å². The van der Waals surface area contributed by atoms with Crippen LogP contribution in [-0.4, -0.2) is 25.3 Å². The van der Waals surface area contributed by atoms with Crippen LogP contribution in [0.4, 0.5) is 11.4 Å². The van der Waals surface area contributed by atoms with E-state index in [1.165, 1.54) is 13.8 Å². The van der Waals surface area contributed by atoms with Gasteiger partial charge in [0.05, 0.1) is 0 Å². The molecule has 0 spiro atoms. The topological polar surface area (TPSA) is 89.3 Å². The third-order valence-corrected chi connectivity index (χ3v) is 4.93. The van der Waals surface area contributed by atoms with Gasteiger partial charge in [-0.25, -0.2) is 8.42 Å². The quantitative estimate of drug-likeness (QED) is 0.808. The largest absolute Gasteiger partial charge is 0.399 e. The van der Waals surface area contributed by atoms with Crippen LogP contribution in [0.1, 0.15) is 19.4 Å². The van der Waals surface area contributed by atoms with E-state index in [1.807, 2.05) is 6.92 Å². The fourth-order valence-corrected chi connectivity index (χ4v) is 2.31. The fraction of sp³-hybridized carbons (Fsp3) is 0.417. The van der Waals surface area contributed by atoms with Crippen molar-refractivity contribution in [2.75, 3.05) is 16.8 Å². The van der Waals surface area contributed by atoms with Gasteiger partial charge >= 0.3 is 0 Å². The van der Waals surface area contributed by atoms with Gasteiger partial charge in [-0.15, -0.1) is 0 Å². The third-order valence-electron chi connectivity index (χ3n) is 2.83. The van der Waals surface area contributed by atoms with Gasteiger partial charge in [-0.2, -0.15) is 0 Å². The van der Waals surface area contributed by atoms with Crippen LogP contribution in [0.25, 0.3) is 0 Å². The van der Waals surface area contributed by atoms with Crippen LogP contribution in [0.3, 0.4) is 0 Å². The minimum atomic E-state index is -3.38. The molecule has 0 saturated heterocycles. The van der Waals surface area contributed by atoms with Crippen molar-refractivity contribution in [3.63, 3.8) is 0 Å². The molecule has 0 aliphatic heterocycles. The number of rotatable bonds is 4. The lowest BCUT2D eigenvalue weighted by atomic mass is 10.2. The SMILES string of the molecule is CCS(=O)(=O)C(C)C(=O)Nc1cc(N)ccc1C. The summed E-state index contributed by atoms with van der Waals surface area (Å²) in [5.74, 6) is -0.595. The van der Waals surface area contributed by atoms with E-state index in [-0.39, 0.29) is 5.75 Å². The average molecular weight is 270 g/mol. The summed E-state index contributed by atoms with van der Waals surface area (Å²) >= 11 is 0. The highest BCUT2D eigenvalue weighted by molar-refractivity contribution is 7.92. The van der Waals surface area contributed by atoms with Crippen LogP contribution in [0.2, 0.25) is 0 Å². The van der Waals surface area contributed by atoms with Crippen LogP contribution < -0.4 is 11.1 Å². The molecule has 0 fully saturated rings. The summed E-state index contributed by atoms with van der Waals surface area (Å²) < 4.78 is 23.2. The van der Waals surface area contributed by atoms with Gasteiger partial charge in [-0.1, -0.05) is 13.0 Å². The Balaban J connectivity index is 2.92. The molecule has 1 unspecified atom stereocenters. The lowest BCUT2D eigenvalue weighted by Crippen LogP contribution is -2.33. The van der Waals surface area contributed by atoms with E-state index in [9.17, 15) is 13.2 Å². The Hall–Kier alpha value is -1.56. The molecule has 3 N–H and O–H groups in total. The van der Waals surface area contributed by atoms with Gasteiger partial charge in [0.25, 0.3) is 0 Å². The molecule has 1 aromatic carbocycles. The lowest BCUT2D eigenvalue weighted by Gasteiger charge is -2.14. The maximum Gasteiger partial charge on any atom is 0.242 e. The van der Waals surface area contributed by atoms with E-state index in [0.717, 1.165) is 5.56 Å². The maximum atomic E-state index is 11.9. The molecule has 1 rings (SSSR count). The van der Waals surface area contributed by atoms with Crippen molar-refractivity contribution in [2.45, 2.75) is 26.0 Å². The molecule has 100 valence electrons. The minimum Gasteiger partial charge on any atom is -0.399 e. The zero-order valence-corrected chi connectivity index (χ0v) is 11.5. The zero-order chi connectivity index (χ0) is 13.9. The summed E-state index contributed by atoms with van der Waals surface area (Å²) in [6.45, 7) is 4.72. The van der Waals surface area contributed by atoms with Crippen molar-refractivity contribution in [1.29, 1.82) is 0 Å². The number of sulfone groups is 1. The van der Waals surface area contributed by atoms with Gasteiger partial charge in [0, 0.05) is 17.1 Å². The normalized spacial score (nSPS) is 13.1. The van der Waals surface area contributed by atoms with E-state index >= 15 is 0 Å². The first-order chi connectivity index (χ1) is 8.27. The molecule has 0 radical (unpaired) electrons. The first-order valence-electron chi connectivity index (χ1n) is 5.66. The molecular weight excluding hydrogens is 252 g/mol. The summed E-state index contributed by atoms with van der Waals surface area (Å²) in [5.41, 5.74) is 7.51. The molecule has 0 bridgehead atoms. The van der Waals surface area contributed by atoms with Crippen molar-refractivity contribution < 1.29 is 13.2 Å².